The minimum Gasteiger partial charge on any atom is -0.478 e. The van der Waals surface area contributed by atoms with Crippen LogP contribution in [0.25, 0.3) is 0 Å². The maximum Gasteiger partial charge on any atom is 0.328 e. The SMILES string of the molecule is CCCCCCCCCCCC(C)CCCC(C)=CCCC(C)=CC(=O)O. The van der Waals surface area contributed by atoms with Crippen LogP contribution in [0.5, 0.6) is 0 Å². The largest absolute Gasteiger partial charge is 0.478 e. The average Bonchev–Trinajstić information content (AvgIpc) is 2.59. The van der Waals surface area contributed by atoms with E-state index < -0.39 is 5.97 Å². The molecule has 0 spiro atoms. The van der Waals surface area contributed by atoms with Crippen molar-refractivity contribution in [2.75, 3.05) is 0 Å². The van der Waals surface area contributed by atoms with Crippen molar-refractivity contribution in [2.45, 2.75) is 124 Å². The van der Waals surface area contributed by atoms with Crippen LogP contribution in [0.15, 0.2) is 23.3 Å². The molecule has 0 radical (unpaired) electrons. The summed E-state index contributed by atoms with van der Waals surface area (Å²) in [5.74, 6) is 0.0114. The zero-order valence-corrected chi connectivity index (χ0v) is 18.7. The Kier molecular flexibility index (Phi) is 17.6. The monoisotopic (exact) mass is 378 g/mol. The predicted octanol–water partition coefficient (Wildman–Crippen LogP) is 8.47. The molecule has 0 saturated heterocycles. The van der Waals surface area contributed by atoms with E-state index in [1.807, 2.05) is 6.92 Å². The lowest BCUT2D eigenvalue weighted by molar-refractivity contribution is -0.131. The van der Waals surface area contributed by atoms with Gasteiger partial charge in [-0.15, -0.1) is 0 Å². The Balaban J connectivity index is 3.57. The third kappa shape index (κ3) is 19.5. The number of allylic oxidation sites excluding steroid dienone is 3. The first-order chi connectivity index (χ1) is 13.0. The Bertz CT molecular complexity index is 420. The summed E-state index contributed by atoms with van der Waals surface area (Å²) in [6.45, 7) is 8.79. The third-order valence-corrected chi connectivity index (χ3v) is 5.47. The maximum absolute atomic E-state index is 10.6. The molecule has 0 aliphatic carbocycles. The molecule has 0 bridgehead atoms. The van der Waals surface area contributed by atoms with Crippen molar-refractivity contribution < 1.29 is 9.90 Å². The van der Waals surface area contributed by atoms with Crippen molar-refractivity contribution in [3.63, 3.8) is 0 Å². The van der Waals surface area contributed by atoms with Crippen molar-refractivity contribution in [1.29, 1.82) is 0 Å². The van der Waals surface area contributed by atoms with E-state index in [-0.39, 0.29) is 0 Å². The van der Waals surface area contributed by atoms with Gasteiger partial charge < -0.3 is 5.11 Å². The molecule has 1 unspecified atom stereocenters. The standard InChI is InChI=1S/C25H46O2/c1-5-6-7-8-9-10-11-12-13-16-22(2)17-14-18-23(3)19-15-20-24(4)21-25(26)27/h19,21-22H,5-18,20H2,1-4H3,(H,26,27). The zero-order valence-electron chi connectivity index (χ0n) is 18.7. The second kappa shape index (κ2) is 18.3. The van der Waals surface area contributed by atoms with Gasteiger partial charge in [-0.2, -0.15) is 0 Å². The first-order valence-corrected chi connectivity index (χ1v) is 11.5. The fourth-order valence-electron chi connectivity index (χ4n) is 3.61. The molecule has 0 aromatic carbocycles. The van der Waals surface area contributed by atoms with E-state index in [9.17, 15) is 4.79 Å². The van der Waals surface area contributed by atoms with Gasteiger partial charge in [-0.3, -0.25) is 0 Å². The summed E-state index contributed by atoms with van der Waals surface area (Å²) in [7, 11) is 0. The van der Waals surface area contributed by atoms with Gasteiger partial charge in [-0.1, -0.05) is 102 Å². The molecule has 27 heavy (non-hydrogen) atoms. The normalized spacial score (nSPS) is 13.8. The van der Waals surface area contributed by atoms with Crippen molar-refractivity contribution >= 4 is 5.97 Å². The summed E-state index contributed by atoms with van der Waals surface area (Å²) in [5, 5.41) is 8.71. The maximum atomic E-state index is 10.6. The van der Waals surface area contributed by atoms with E-state index in [0.29, 0.717) is 0 Å². The van der Waals surface area contributed by atoms with Crippen molar-refractivity contribution in [3.05, 3.63) is 23.3 Å². The summed E-state index contributed by atoms with van der Waals surface area (Å²) in [5.41, 5.74) is 2.40. The van der Waals surface area contributed by atoms with Gasteiger partial charge in [0.1, 0.15) is 0 Å². The van der Waals surface area contributed by atoms with Gasteiger partial charge in [0, 0.05) is 6.08 Å². The van der Waals surface area contributed by atoms with Crippen LogP contribution >= 0.6 is 0 Å². The van der Waals surface area contributed by atoms with Gasteiger partial charge in [0.25, 0.3) is 0 Å². The van der Waals surface area contributed by atoms with E-state index in [2.05, 4.69) is 26.8 Å². The van der Waals surface area contributed by atoms with Crippen LogP contribution in [-0.4, -0.2) is 11.1 Å². The number of aliphatic carboxylic acids is 1. The molecule has 0 heterocycles. The average molecular weight is 379 g/mol. The van der Waals surface area contributed by atoms with Crippen LogP contribution in [0.1, 0.15) is 124 Å². The number of hydrogen-bond acceptors (Lipinski definition) is 1. The number of carboxylic acids is 1. The molecular weight excluding hydrogens is 332 g/mol. The minimum atomic E-state index is -0.839. The minimum absolute atomic E-state index is 0.839. The van der Waals surface area contributed by atoms with Crippen LogP contribution in [0, 0.1) is 5.92 Å². The highest BCUT2D eigenvalue weighted by Crippen LogP contribution is 2.19. The van der Waals surface area contributed by atoms with E-state index >= 15 is 0 Å². The topological polar surface area (TPSA) is 37.3 Å². The molecule has 0 aliphatic rings. The lowest BCUT2D eigenvalue weighted by Crippen LogP contribution is -1.95. The molecule has 2 nitrogen and oxygen atoms in total. The van der Waals surface area contributed by atoms with Gasteiger partial charge in [0.05, 0.1) is 0 Å². The van der Waals surface area contributed by atoms with Gasteiger partial charge in [0.15, 0.2) is 0 Å². The van der Waals surface area contributed by atoms with Gasteiger partial charge in [-0.25, -0.2) is 4.79 Å². The molecule has 0 aromatic heterocycles. The van der Waals surface area contributed by atoms with E-state index in [0.717, 1.165) is 24.3 Å². The smallest absolute Gasteiger partial charge is 0.328 e. The molecule has 1 atom stereocenters. The molecular formula is C25H46O2. The Hall–Kier alpha value is -1.05. The van der Waals surface area contributed by atoms with Gasteiger partial charge in [-0.05, 0) is 45.4 Å². The summed E-state index contributed by atoms with van der Waals surface area (Å²) in [6.07, 6.45) is 23.3. The molecule has 2 heteroatoms. The Labute approximate surface area is 169 Å². The van der Waals surface area contributed by atoms with E-state index in [4.69, 9.17) is 5.11 Å². The van der Waals surface area contributed by atoms with Crippen LogP contribution in [0.3, 0.4) is 0 Å². The summed E-state index contributed by atoms with van der Waals surface area (Å²) >= 11 is 0. The van der Waals surface area contributed by atoms with Crippen LogP contribution in [0.2, 0.25) is 0 Å². The molecule has 0 saturated carbocycles. The highest BCUT2D eigenvalue weighted by molar-refractivity contribution is 5.80. The fraction of sp³-hybridized carbons (Fsp3) is 0.800. The number of hydrogen-bond donors (Lipinski definition) is 1. The van der Waals surface area contributed by atoms with Gasteiger partial charge >= 0.3 is 5.97 Å². The molecule has 0 rings (SSSR count). The number of unbranched alkanes of at least 4 members (excludes halogenated alkanes) is 8. The third-order valence-electron chi connectivity index (χ3n) is 5.47. The van der Waals surface area contributed by atoms with Crippen LogP contribution < -0.4 is 0 Å². The molecule has 0 aromatic rings. The lowest BCUT2D eigenvalue weighted by Gasteiger charge is -2.11. The summed E-state index contributed by atoms with van der Waals surface area (Å²) in [4.78, 5) is 10.6. The van der Waals surface area contributed by atoms with Crippen LogP contribution in [-0.2, 0) is 4.79 Å². The summed E-state index contributed by atoms with van der Waals surface area (Å²) < 4.78 is 0. The molecule has 0 aliphatic heterocycles. The van der Waals surface area contributed by atoms with E-state index in [1.165, 1.54) is 95.1 Å². The molecule has 158 valence electrons. The van der Waals surface area contributed by atoms with Crippen molar-refractivity contribution in [1.82, 2.24) is 0 Å². The first-order valence-electron chi connectivity index (χ1n) is 11.5. The highest BCUT2D eigenvalue weighted by Gasteiger charge is 2.03. The van der Waals surface area contributed by atoms with E-state index in [1.54, 1.807) is 0 Å². The Morgan fingerprint density at radius 3 is 1.96 bits per heavy atom. The second-order valence-corrected chi connectivity index (χ2v) is 8.53. The number of carbonyl (C=O) groups is 1. The predicted molar refractivity (Wildman–Crippen MR) is 119 cm³/mol. The molecule has 0 amide bonds. The molecule has 1 N–H and O–H groups in total. The first kappa shape index (κ1) is 26.0. The summed E-state index contributed by atoms with van der Waals surface area (Å²) in [6, 6.07) is 0. The van der Waals surface area contributed by atoms with Gasteiger partial charge in [0.2, 0.25) is 0 Å². The number of rotatable bonds is 18. The Morgan fingerprint density at radius 1 is 0.815 bits per heavy atom. The lowest BCUT2D eigenvalue weighted by atomic mass is 9.95. The molecule has 0 fully saturated rings. The zero-order chi connectivity index (χ0) is 20.3. The van der Waals surface area contributed by atoms with Crippen molar-refractivity contribution in [3.8, 4) is 0 Å². The Morgan fingerprint density at radius 2 is 1.37 bits per heavy atom. The number of carboxylic acid groups (broad SMARTS) is 1. The highest BCUT2D eigenvalue weighted by atomic mass is 16.4. The fourth-order valence-corrected chi connectivity index (χ4v) is 3.61. The quantitative estimate of drug-likeness (QED) is 0.147. The van der Waals surface area contributed by atoms with Crippen molar-refractivity contribution in [2.24, 2.45) is 5.92 Å². The second-order valence-electron chi connectivity index (χ2n) is 8.53. The van der Waals surface area contributed by atoms with Crippen LogP contribution in [0.4, 0.5) is 0 Å².